The summed E-state index contributed by atoms with van der Waals surface area (Å²) in [6.07, 6.45) is 0.309. The van der Waals surface area contributed by atoms with E-state index in [9.17, 15) is 9.59 Å². The van der Waals surface area contributed by atoms with Crippen molar-refractivity contribution in [1.82, 2.24) is 20.3 Å². The van der Waals surface area contributed by atoms with E-state index in [0.29, 0.717) is 12.1 Å². The van der Waals surface area contributed by atoms with Gasteiger partial charge in [0.1, 0.15) is 0 Å². The number of benzene rings is 1. The summed E-state index contributed by atoms with van der Waals surface area (Å²) in [4.78, 5) is 23.2. The molecule has 0 saturated heterocycles. The van der Waals surface area contributed by atoms with Crippen molar-refractivity contribution < 1.29 is 14.7 Å². The summed E-state index contributed by atoms with van der Waals surface area (Å²) in [5, 5.41) is 19.6. The summed E-state index contributed by atoms with van der Waals surface area (Å²) in [5.41, 5.74) is 0.971. The van der Waals surface area contributed by atoms with Crippen molar-refractivity contribution in [2.75, 3.05) is 0 Å². The monoisotopic (exact) mass is 394 g/mol. The van der Waals surface area contributed by atoms with Gasteiger partial charge in [-0.25, -0.2) is 4.68 Å². The van der Waals surface area contributed by atoms with Gasteiger partial charge in [0.25, 0.3) is 5.91 Å². The Labute approximate surface area is 148 Å². The first-order valence-electron chi connectivity index (χ1n) is 7.42. The number of hydrogen-bond donors (Lipinski definition) is 2. The van der Waals surface area contributed by atoms with Gasteiger partial charge >= 0.3 is 5.97 Å². The fourth-order valence-corrected chi connectivity index (χ4v) is 2.63. The van der Waals surface area contributed by atoms with Gasteiger partial charge in [0.15, 0.2) is 5.69 Å². The van der Waals surface area contributed by atoms with E-state index in [1.807, 2.05) is 24.3 Å². The normalized spacial score (nSPS) is 11.3. The van der Waals surface area contributed by atoms with Crippen molar-refractivity contribution in [1.29, 1.82) is 0 Å². The third-order valence-electron chi connectivity index (χ3n) is 3.58. The lowest BCUT2D eigenvalue weighted by Gasteiger charge is -2.25. The molecule has 0 radical (unpaired) electrons. The molecule has 0 aliphatic carbocycles. The molecular weight excluding hydrogens is 376 g/mol. The molecule has 128 valence electrons. The number of nitrogens with zero attached hydrogens (tertiary/aromatic N) is 3. The SMILES string of the molecule is Cc1c(C(=O)NC(C)(C)CCC(=O)O)nnn1-c1cccc(Br)c1. The van der Waals surface area contributed by atoms with Crippen LogP contribution in [0.15, 0.2) is 28.7 Å². The topological polar surface area (TPSA) is 97.1 Å². The standard InChI is InChI=1S/C16H19BrN4O3/c1-10-14(15(24)18-16(2,3)8-7-13(22)23)19-20-21(10)12-6-4-5-11(17)9-12/h4-6,9H,7-8H2,1-3H3,(H,18,24)(H,22,23). The van der Waals surface area contributed by atoms with Crippen LogP contribution in [0, 0.1) is 6.92 Å². The number of rotatable bonds is 6. The molecule has 1 amide bonds. The minimum absolute atomic E-state index is 0.0169. The van der Waals surface area contributed by atoms with Gasteiger partial charge in [-0.2, -0.15) is 0 Å². The quantitative estimate of drug-likeness (QED) is 0.784. The Morgan fingerprint density at radius 1 is 1.38 bits per heavy atom. The maximum atomic E-state index is 12.5. The predicted molar refractivity (Wildman–Crippen MR) is 92.2 cm³/mol. The van der Waals surface area contributed by atoms with Crippen LogP contribution >= 0.6 is 15.9 Å². The molecule has 0 unspecified atom stereocenters. The van der Waals surface area contributed by atoms with Gasteiger partial charge < -0.3 is 10.4 Å². The molecule has 1 aromatic carbocycles. The van der Waals surface area contributed by atoms with Crippen LogP contribution in [0.4, 0.5) is 0 Å². The predicted octanol–water partition coefficient (Wildman–Crippen LogP) is 2.71. The third-order valence-corrected chi connectivity index (χ3v) is 4.07. The van der Waals surface area contributed by atoms with E-state index in [1.54, 1.807) is 25.5 Å². The van der Waals surface area contributed by atoms with E-state index >= 15 is 0 Å². The smallest absolute Gasteiger partial charge is 0.303 e. The minimum Gasteiger partial charge on any atom is -0.481 e. The van der Waals surface area contributed by atoms with Crippen molar-refractivity contribution in [3.8, 4) is 5.69 Å². The molecule has 24 heavy (non-hydrogen) atoms. The molecule has 0 saturated carbocycles. The van der Waals surface area contributed by atoms with Crippen LogP contribution in [0.25, 0.3) is 5.69 Å². The molecule has 0 bridgehead atoms. The number of aromatic nitrogens is 3. The minimum atomic E-state index is -0.894. The number of carbonyl (C=O) groups excluding carboxylic acids is 1. The molecular formula is C16H19BrN4O3. The maximum absolute atomic E-state index is 12.5. The van der Waals surface area contributed by atoms with Gasteiger partial charge in [-0.3, -0.25) is 9.59 Å². The summed E-state index contributed by atoms with van der Waals surface area (Å²) in [5.74, 6) is -1.27. The van der Waals surface area contributed by atoms with E-state index in [0.717, 1.165) is 10.2 Å². The zero-order valence-electron chi connectivity index (χ0n) is 13.7. The van der Waals surface area contributed by atoms with Crippen molar-refractivity contribution in [2.24, 2.45) is 0 Å². The number of carboxylic acids is 1. The van der Waals surface area contributed by atoms with E-state index < -0.39 is 11.5 Å². The van der Waals surface area contributed by atoms with Gasteiger partial charge in [-0.15, -0.1) is 5.10 Å². The number of halogens is 1. The van der Waals surface area contributed by atoms with Crippen LogP contribution in [0.5, 0.6) is 0 Å². The Bertz CT molecular complexity index is 770. The van der Waals surface area contributed by atoms with Crippen molar-refractivity contribution in [2.45, 2.75) is 39.2 Å². The van der Waals surface area contributed by atoms with Crippen LogP contribution in [0.3, 0.4) is 0 Å². The Morgan fingerprint density at radius 3 is 2.71 bits per heavy atom. The summed E-state index contributed by atoms with van der Waals surface area (Å²) in [6, 6.07) is 7.51. The highest BCUT2D eigenvalue weighted by atomic mass is 79.9. The first kappa shape index (κ1) is 18.1. The molecule has 2 N–H and O–H groups in total. The molecule has 1 heterocycles. The van der Waals surface area contributed by atoms with Gasteiger partial charge in [0.2, 0.25) is 0 Å². The van der Waals surface area contributed by atoms with E-state index in [4.69, 9.17) is 5.11 Å². The number of nitrogens with one attached hydrogen (secondary N) is 1. The van der Waals surface area contributed by atoms with Gasteiger partial charge in [0.05, 0.1) is 11.4 Å². The Kier molecular flexibility index (Phi) is 5.38. The average molecular weight is 395 g/mol. The van der Waals surface area contributed by atoms with Gasteiger partial charge in [-0.05, 0) is 45.4 Å². The van der Waals surface area contributed by atoms with Gasteiger partial charge in [0, 0.05) is 16.4 Å². The second-order valence-corrected chi connectivity index (χ2v) is 7.06. The molecule has 0 atom stereocenters. The molecule has 0 aliphatic heterocycles. The first-order chi connectivity index (χ1) is 11.2. The second kappa shape index (κ2) is 7.12. The van der Waals surface area contributed by atoms with Crippen LogP contribution in [0.1, 0.15) is 42.9 Å². The summed E-state index contributed by atoms with van der Waals surface area (Å²) in [7, 11) is 0. The first-order valence-corrected chi connectivity index (χ1v) is 8.21. The fourth-order valence-electron chi connectivity index (χ4n) is 2.24. The van der Waals surface area contributed by atoms with Crippen LogP contribution < -0.4 is 5.32 Å². The summed E-state index contributed by atoms with van der Waals surface area (Å²) >= 11 is 3.40. The van der Waals surface area contributed by atoms with Crippen LogP contribution in [0.2, 0.25) is 0 Å². The lowest BCUT2D eigenvalue weighted by Crippen LogP contribution is -2.44. The van der Waals surface area contributed by atoms with Crippen molar-refractivity contribution in [3.05, 3.63) is 40.1 Å². The number of carboxylic acid groups (broad SMARTS) is 1. The zero-order valence-corrected chi connectivity index (χ0v) is 15.3. The fraction of sp³-hybridized carbons (Fsp3) is 0.375. The number of hydrogen-bond acceptors (Lipinski definition) is 4. The Balaban J connectivity index is 2.18. The largest absolute Gasteiger partial charge is 0.481 e. The zero-order chi connectivity index (χ0) is 17.9. The lowest BCUT2D eigenvalue weighted by molar-refractivity contribution is -0.137. The van der Waals surface area contributed by atoms with Crippen molar-refractivity contribution >= 4 is 27.8 Å². The Hall–Kier alpha value is -2.22. The van der Waals surface area contributed by atoms with Crippen molar-refractivity contribution in [3.63, 3.8) is 0 Å². The molecule has 2 aromatic rings. The molecule has 8 heteroatoms. The summed E-state index contributed by atoms with van der Waals surface area (Å²) < 4.78 is 2.49. The molecule has 0 spiro atoms. The number of amides is 1. The van der Waals surface area contributed by atoms with Crippen LogP contribution in [-0.4, -0.2) is 37.5 Å². The number of aliphatic carboxylic acids is 1. The lowest BCUT2D eigenvalue weighted by atomic mass is 9.98. The molecule has 0 fully saturated rings. The van der Waals surface area contributed by atoms with E-state index in [-0.39, 0.29) is 18.0 Å². The second-order valence-electron chi connectivity index (χ2n) is 6.15. The van der Waals surface area contributed by atoms with Crippen LogP contribution in [-0.2, 0) is 4.79 Å². The molecule has 2 rings (SSSR count). The highest BCUT2D eigenvalue weighted by molar-refractivity contribution is 9.10. The highest BCUT2D eigenvalue weighted by Crippen LogP contribution is 2.18. The Morgan fingerprint density at radius 2 is 2.08 bits per heavy atom. The average Bonchev–Trinajstić information content (AvgIpc) is 2.87. The molecule has 1 aromatic heterocycles. The molecule has 0 aliphatic rings. The van der Waals surface area contributed by atoms with E-state index in [1.165, 1.54) is 0 Å². The highest BCUT2D eigenvalue weighted by Gasteiger charge is 2.25. The van der Waals surface area contributed by atoms with Gasteiger partial charge in [-0.1, -0.05) is 27.2 Å². The number of carbonyl (C=O) groups is 2. The third kappa shape index (κ3) is 4.41. The maximum Gasteiger partial charge on any atom is 0.303 e. The van der Waals surface area contributed by atoms with E-state index in [2.05, 4.69) is 31.6 Å². The summed E-state index contributed by atoms with van der Waals surface area (Å²) in [6.45, 7) is 5.32. The molecule has 7 nitrogen and oxygen atoms in total.